The van der Waals surface area contributed by atoms with E-state index in [0.29, 0.717) is 25.2 Å². The molecular formula is C9H15NO3. The molecule has 0 unspecified atom stereocenters. The summed E-state index contributed by atoms with van der Waals surface area (Å²) in [6.45, 7) is 0.582. The topological polar surface area (TPSA) is 49.8 Å². The van der Waals surface area contributed by atoms with E-state index in [1.165, 1.54) is 0 Å². The molecule has 0 saturated carbocycles. The first-order valence-electron chi connectivity index (χ1n) is 4.68. The molecular weight excluding hydrogens is 170 g/mol. The summed E-state index contributed by atoms with van der Waals surface area (Å²) in [5.74, 6) is 0.301. The molecule has 2 saturated heterocycles. The number of hydrogen-bond acceptors (Lipinski definition) is 4. The SMILES string of the molecule is CN1[C@@H]2CO[C@@H](CO)[C@H]1CC(=O)C2. The zero-order valence-electron chi connectivity index (χ0n) is 7.77. The van der Waals surface area contributed by atoms with Crippen molar-refractivity contribution in [1.82, 2.24) is 4.90 Å². The van der Waals surface area contributed by atoms with Crippen molar-refractivity contribution in [3.63, 3.8) is 0 Å². The number of ether oxygens (including phenoxy) is 1. The van der Waals surface area contributed by atoms with Gasteiger partial charge in [-0.2, -0.15) is 0 Å². The summed E-state index contributed by atoms with van der Waals surface area (Å²) in [6.07, 6.45) is 0.953. The van der Waals surface area contributed by atoms with Gasteiger partial charge >= 0.3 is 0 Å². The van der Waals surface area contributed by atoms with Crippen LogP contribution in [-0.4, -0.2) is 54.2 Å². The van der Waals surface area contributed by atoms with Crippen LogP contribution in [0, 0.1) is 0 Å². The van der Waals surface area contributed by atoms with Crippen LogP contribution in [0.3, 0.4) is 0 Å². The molecule has 13 heavy (non-hydrogen) atoms. The smallest absolute Gasteiger partial charge is 0.136 e. The molecule has 2 rings (SSSR count). The molecule has 3 atom stereocenters. The van der Waals surface area contributed by atoms with Crippen LogP contribution in [0.15, 0.2) is 0 Å². The number of aliphatic hydroxyl groups excluding tert-OH is 1. The Bertz CT molecular complexity index is 217. The molecule has 0 aromatic carbocycles. The molecule has 4 heteroatoms. The molecule has 2 aliphatic rings. The number of fused-ring (bicyclic) bond motifs is 2. The van der Waals surface area contributed by atoms with Crippen molar-refractivity contribution >= 4 is 5.78 Å². The fourth-order valence-corrected chi connectivity index (χ4v) is 2.23. The second kappa shape index (κ2) is 3.36. The summed E-state index contributed by atoms with van der Waals surface area (Å²) < 4.78 is 5.47. The van der Waals surface area contributed by atoms with Gasteiger partial charge in [0.25, 0.3) is 0 Å². The van der Waals surface area contributed by atoms with Gasteiger partial charge < -0.3 is 9.84 Å². The lowest BCUT2D eigenvalue weighted by atomic mass is 9.90. The summed E-state index contributed by atoms with van der Waals surface area (Å²) in [5, 5.41) is 9.04. The Hall–Kier alpha value is -0.450. The van der Waals surface area contributed by atoms with Crippen molar-refractivity contribution in [2.75, 3.05) is 20.3 Å². The molecule has 2 bridgehead atoms. The summed E-state index contributed by atoms with van der Waals surface area (Å²) in [4.78, 5) is 13.5. The van der Waals surface area contributed by atoms with Crippen molar-refractivity contribution in [3.05, 3.63) is 0 Å². The van der Waals surface area contributed by atoms with Crippen LogP contribution < -0.4 is 0 Å². The highest BCUT2D eigenvalue weighted by atomic mass is 16.5. The molecule has 74 valence electrons. The number of carbonyl (C=O) groups excluding carboxylic acids is 1. The highest BCUT2D eigenvalue weighted by molar-refractivity contribution is 5.80. The van der Waals surface area contributed by atoms with E-state index in [1.807, 2.05) is 7.05 Å². The van der Waals surface area contributed by atoms with Gasteiger partial charge in [-0.25, -0.2) is 0 Å². The summed E-state index contributed by atoms with van der Waals surface area (Å²) in [6, 6.07) is 0.319. The maximum absolute atomic E-state index is 11.3. The minimum absolute atomic E-state index is 0.00894. The first-order valence-corrected chi connectivity index (χ1v) is 4.68. The molecule has 0 aliphatic carbocycles. The highest BCUT2D eigenvalue weighted by Gasteiger charge is 2.41. The monoisotopic (exact) mass is 185 g/mol. The minimum Gasteiger partial charge on any atom is -0.394 e. The van der Waals surface area contributed by atoms with Crippen LogP contribution in [0.4, 0.5) is 0 Å². The van der Waals surface area contributed by atoms with E-state index in [9.17, 15) is 4.79 Å². The molecule has 2 fully saturated rings. The first kappa shape index (κ1) is 9.12. The Morgan fingerprint density at radius 3 is 3.08 bits per heavy atom. The van der Waals surface area contributed by atoms with Crippen molar-refractivity contribution in [1.29, 1.82) is 0 Å². The predicted octanol–water partition coefficient (Wildman–Crippen LogP) is -0.591. The van der Waals surface area contributed by atoms with Crippen molar-refractivity contribution in [2.45, 2.75) is 31.0 Å². The lowest BCUT2D eigenvalue weighted by Gasteiger charge is -2.46. The van der Waals surface area contributed by atoms with Crippen molar-refractivity contribution in [3.8, 4) is 0 Å². The van der Waals surface area contributed by atoms with Crippen molar-refractivity contribution in [2.24, 2.45) is 0 Å². The molecule has 0 spiro atoms. The molecule has 0 amide bonds. The van der Waals surface area contributed by atoms with Crippen LogP contribution >= 0.6 is 0 Å². The molecule has 2 aliphatic heterocycles. The van der Waals surface area contributed by atoms with Crippen molar-refractivity contribution < 1.29 is 14.6 Å². The lowest BCUT2D eigenvalue weighted by Crippen LogP contribution is -2.60. The van der Waals surface area contributed by atoms with Crippen LogP contribution in [-0.2, 0) is 9.53 Å². The number of morpholine rings is 1. The Balaban J connectivity index is 2.14. The van der Waals surface area contributed by atoms with E-state index in [4.69, 9.17) is 9.84 Å². The first-order chi connectivity index (χ1) is 6.22. The van der Waals surface area contributed by atoms with E-state index in [-0.39, 0.29) is 24.8 Å². The number of aliphatic hydroxyl groups is 1. The van der Waals surface area contributed by atoms with E-state index < -0.39 is 0 Å². The second-order valence-electron chi connectivity index (χ2n) is 3.89. The number of ketones is 1. The largest absolute Gasteiger partial charge is 0.394 e. The number of piperidine rings is 1. The number of hydrogen-bond donors (Lipinski definition) is 1. The van der Waals surface area contributed by atoms with Gasteiger partial charge in [0.15, 0.2) is 0 Å². The predicted molar refractivity (Wildman–Crippen MR) is 46.4 cm³/mol. The molecule has 2 heterocycles. The van der Waals surface area contributed by atoms with Gasteiger partial charge in [0.2, 0.25) is 0 Å². The van der Waals surface area contributed by atoms with E-state index in [2.05, 4.69) is 4.90 Å². The van der Waals surface area contributed by atoms with Gasteiger partial charge in [0.1, 0.15) is 5.78 Å². The van der Waals surface area contributed by atoms with Gasteiger partial charge in [-0.15, -0.1) is 0 Å². The average Bonchev–Trinajstić information content (AvgIpc) is 2.08. The normalized spacial score (nSPS) is 40.8. The molecule has 4 nitrogen and oxygen atoms in total. The average molecular weight is 185 g/mol. The third-order valence-electron chi connectivity index (χ3n) is 3.11. The third-order valence-corrected chi connectivity index (χ3v) is 3.11. The van der Waals surface area contributed by atoms with Gasteiger partial charge in [0.05, 0.1) is 19.3 Å². The zero-order valence-corrected chi connectivity index (χ0v) is 7.77. The number of Topliss-reactive ketones (excluding diaryl/α,β-unsaturated/α-hetero) is 1. The Morgan fingerprint density at radius 2 is 2.38 bits per heavy atom. The minimum atomic E-state index is -0.175. The standard InChI is InChI=1S/C9H15NO3/c1-10-6-2-7(12)3-8(10)9(4-11)13-5-6/h6,8-9,11H,2-5H2,1H3/t6-,8+,9-/m0/s1. The van der Waals surface area contributed by atoms with E-state index in [1.54, 1.807) is 0 Å². The quantitative estimate of drug-likeness (QED) is 0.593. The van der Waals surface area contributed by atoms with Crippen LogP contribution in [0.5, 0.6) is 0 Å². The summed E-state index contributed by atoms with van der Waals surface area (Å²) in [5.41, 5.74) is 0. The Kier molecular flexibility index (Phi) is 2.36. The van der Waals surface area contributed by atoms with Crippen LogP contribution in [0.25, 0.3) is 0 Å². The fraction of sp³-hybridized carbons (Fsp3) is 0.889. The number of likely N-dealkylation sites (N-methyl/N-ethyl adjacent to an activating group) is 1. The number of rotatable bonds is 1. The van der Waals surface area contributed by atoms with Gasteiger partial charge in [-0.05, 0) is 7.05 Å². The Labute approximate surface area is 77.5 Å². The fourth-order valence-electron chi connectivity index (χ4n) is 2.23. The van der Waals surface area contributed by atoms with Crippen LogP contribution in [0.1, 0.15) is 12.8 Å². The van der Waals surface area contributed by atoms with Crippen LogP contribution in [0.2, 0.25) is 0 Å². The number of nitrogens with zero attached hydrogens (tertiary/aromatic N) is 1. The Morgan fingerprint density at radius 1 is 1.62 bits per heavy atom. The highest BCUT2D eigenvalue weighted by Crippen LogP contribution is 2.27. The third kappa shape index (κ3) is 1.49. The van der Waals surface area contributed by atoms with Gasteiger partial charge in [0, 0.05) is 24.9 Å². The molecule has 1 N–H and O–H groups in total. The van der Waals surface area contributed by atoms with Gasteiger partial charge in [-0.1, -0.05) is 0 Å². The lowest BCUT2D eigenvalue weighted by molar-refractivity contribution is -0.150. The molecule has 0 radical (unpaired) electrons. The van der Waals surface area contributed by atoms with E-state index >= 15 is 0 Å². The summed E-state index contributed by atoms with van der Waals surface area (Å²) >= 11 is 0. The molecule has 0 aromatic heterocycles. The summed E-state index contributed by atoms with van der Waals surface area (Å²) in [7, 11) is 2.01. The van der Waals surface area contributed by atoms with E-state index in [0.717, 1.165) is 0 Å². The maximum atomic E-state index is 11.3. The molecule has 0 aromatic rings. The second-order valence-corrected chi connectivity index (χ2v) is 3.89. The van der Waals surface area contributed by atoms with Gasteiger partial charge in [-0.3, -0.25) is 9.69 Å². The zero-order chi connectivity index (χ0) is 9.42. The number of carbonyl (C=O) groups is 1. The maximum Gasteiger partial charge on any atom is 0.136 e.